The molecular formula is C10H8ClN3O2. The molecule has 0 aliphatic carbocycles. The van der Waals surface area contributed by atoms with Gasteiger partial charge in [0.05, 0.1) is 10.8 Å². The van der Waals surface area contributed by atoms with E-state index in [0.29, 0.717) is 11.7 Å². The molecule has 0 bridgehead atoms. The van der Waals surface area contributed by atoms with Crippen LogP contribution in [-0.2, 0) is 5.88 Å². The summed E-state index contributed by atoms with van der Waals surface area (Å²) in [5, 5.41) is 10.5. The molecule has 2 aromatic rings. The molecule has 6 heteroatoms. The number of nitro benzene ring substituents is 1. The number of hydrogen-bond donors (Lipinski definition) is 1. The maximum atomic E-state index is 10.5. The van der Waals surface area contributed by atoms with Crippen LogP contribution in [0.4, 0.5) is 5.69 Å². The van der Waals surface area contributed by atoms with E-state index in [1.54, 1.807) is 18.3 Å². The molecule has 0 amide bonds. The van der Waals surface area contributed by atoms with Crippen LogP contribution in [0.1, 0.15) is 5.69 Å². The molecule has 5 nitrogen and oxygen atoms in total. The molecule has 1 N–H and O–H groups in total. The SMILES string of the molecule is O=[N+]([O-])c1ccc(-c2ncc(CCl)[nH]2)cc1. The highest BCUT2D eigenvalue weighted by Gasteiger charge is 2.07. The molecule has 0 atom stereocenters. The molecule has 1 aromatic carbocycles. The fourth-order valence-corrected chi connectivity index (χ4v) is 1.45. The van der Waals surface area contributed by atoms with Gasteiger partial charge in [-0.3, -0.25) is 10.1 Å². The summed E-state index contributed by atoms with van der Waals surface area (Å²) in [5.41, 5.74) is 1.67. The number of hydrogen-bond acceptors (Lipinski definition) is 3. The van der Waals surface area contributed by atoms with E-state index in [0.717, 1.165) is 11.3 Å². The van der Waals surface area contributed by atoms with Gasteiger partial charge in [-0.25, -0.2) is 4.98 Å². The Kier molecular flexibility index (Phi) is 2.87. The van der Waals surface area contributed by atoms with Crippen LogP contribution in [-0.4, -0.2) is 14.9 Å². The van der Waals surface area contributed by atoms with Crippen LogP contribution in [0.5, 0.6) is 0 Å². The summed E-state index contributed by atoms with van der Waals surface area (Å²) in [6.07, 6.45) is 1.64. The van der Waals surface area contributed by atoms with Crippen LogP contribution < -0.4 is 0 Å². The van der Waals surface area contributed by atoms with Gasteiger partial charge in [-0.2, -0.15) is 0 Å². The van der Waals surface area contributed by atoms with E-state index < -0.39 is 4.92 Å². The average molecular weight is 238 g/mol. The number of halogens is 1. The van der Waals surface area contributed by atoms with Gasteiger partial charge in [-0.05, 0) is 12.1 Å². The van der Waals surface area contributed by atoms with E-state index in [2.05, 4.69) is 9.97 Å². The van der Waals surface area contributed by atoms with Crippen molar-refractivity contribution in [1.82, 2.24) is 9.97 Å². The van der Waals surface area contributed by atoms with Gasteiger partial charge in [0, 0.05) is 29.6 Å². The quantitative estimate of drug-likeness (QED) is 0.507. The van der Waals surface area contributed by atoms with Gasteiger partial charge in [0.15, 0.2) is 0 Å². The lowest BCUT2D eigenvalue weighted by molar-refractivity contribution is -0.384. The van der Waals surface area contributed by atoms with Crippen molar-refractivity contribution < 1.29 is 4.92 Å². The number of nitro groups is 1. The molecule has 1 aromatic heterocycles. The van der Waals surface area contributed by atoms with E-state index >= 15 is 0 Å². The molecule has 0 fully saturated rings. The first-order valence-corrected chi connectivity index (χ1v) is 5.09. The summed E-state index contributed by atoms with van der Waals surface area (Å²) in [4.78, 5) is 17.2. The Morgan fingerprint density at radius 2 is 2.06 bits per heavy atom. The minimum absolute atomic E-state index is 0.0628. The minimum Gasteiger partial charge on any atom is -0.341 e. The summed E-state index contributed by atoms with van der Waals surface area (Å²) in [6, 6.07) is 6.18. The van der Waals surface area contributed by atoms with Gasteiger partial charge in [0.2, 0.25) is 0 Å². The standard InChI is InChI=1S/C10H8ClN3O2/c11-5-8-6-12-10(13-8)7-1-3-9(4-2-7)14(15)16/h1-4,6H,5H2,(H,12,13). The zero-order valence-electron chi connectivity index (χ0n) is 8.18. The predicted octanol–water partition coefficient (Wildman–Crippen LogP) is 2.72. The third kappa shape index (κ3) is 2.04. The number of imidazole rings is 1. The van der Waals surface area contributed by atoms with Gasteiger partial charge in [0.1, 0.15) is 5.82 Å². The summed E-state index contributed by atoms with van der Waals surface area (Å²) in [7, 11) is 0. The van der Waals surface area contributed by atoms with E-state index in [4.69, 9.17) is 11.6 Å². The van der Waals surface area contributed by atoms with E-state index in [9.17, 15) is 10.1 Å². The van der Waals surface area contributed by atoms with Crippen molar-refractivity contribution in [3.63, 3.8) is 0 Å². The summed E-state index contributed by atoms with van der Waals surface area (Å²) in [5.74, 6) is 1.02. The number of nitrogens with zero attached hydrogens (tertiary/aromatic N) is 2. The Morgan fingerprint density at radius 1 is 1.38 bits per heavy atom. The third-order valence-corrected chi connectivity index (χ3v) is 2.41. The highest BCUT2D eigenvalue weighted by molar-refractivity contribution is 6.16. The molecule has 0 aliphatic rings. The average Bonchev–Trinajstić information content (AvgIpc) is 2.77. The molecule has 0 saturated heterocycles. The Balaban J connectivity index is 2.30. The van der Waals surface area contributed by atoms with E-state index in [-0.39, 0.29) is 5.69 Å². The monoisotopic (exact) mass is 237 g/mol. The van der Waals surface area contributed by atoms with Crippen molar-refractivity contribution in [2.24, 2.45) is 0 Å². The molecule has 1 heterocycles. The number of non-ortho nitro benzene ring substituents is 1. The molecular weight excluding hydrogens is 230 g/mol. The highest BCUT2D eigenvalue weighted by atomic mass is 35.5. The van der Waals surface area contributed by atoms with Gasteiger partial charge >= 0.3 is 0 Å². The number of H-pyrrole nitrogens is 1. The predicted molar refractivity (Wildman–Crippen MR) is 60.2 cm³/mol. The zero-order valence-corrected chi connectivity index (χ0v) is 8.94. The molecule has 0 unspecified atom stereocenters. The smallest absolute Gasteiger partial charge is 0.269 e. The summed E-state index contributed by atoms with van der Waals surface area (Å²) >= 11 is 5.63. The fourth-order valence-electron chi connectivity index (χ4n) is 1.31. The molecule has 0 spiro atoms. The van der Waals surface area contributed by atoms with Gasteiger partial charge < -0.3 is 4.98 Å². The number of rotatable bonds is 3. The van der Waals surface area contributed by atoms with Crippen molar-refractivity contribution in [3.05, 3.63) is 46.3 Å². The Bertz CT molecular complexity index is 507. The Morgan fingerprint density at radius 3 is 2.56 bits per heavy atom. The number of alkyl halides is 1. The van der Waals surface area contributed by atoms with Crippen LogP contribution in [0.3, 0.4) is 0 Å². The highest BCUT2D eigenvalue weighted by Crippen LogP contribution is 2.19. The van der Waals surface area contributed by atoms with Crippen LogP contribution in [0, 0.1) is 10.1 Å². The lowest BCUT2D eigenvalue weighted by Gasteiger charge is -1.96. The van der Waals surface area contributed by atoms with E-state index in [1.807, 2.05) is 0 Å². The lowest BCUT2D eigenvalue weighted by atomic mass is 10.2. The van der Waals surface area contributed by atoms with Crippen molar-refractivity contribution in [2.75, 3.05) is 0 Å². The molecule has 82 valence electrons. The van der Waals surface area contributed by atoms with Crippen molar-refractivity contribution >= 4 is 17.3 Å². The zero-order chi connectivity index (χ0) is 11.5. The molecule has 0 radical (unpaired) electrons. The first-order chi connectivity index (χ1) is 7.70. The topological polar surface area (TPSA) is 71.8 Å². The number of benzene rings is 1. The first-order valence-electron chi connectivity index (χ1n) is 4.55. The third-order valence-electron chi connectivity index (χ3n) is 2.12. The Hall–Kier alpha value is -1.88. The van der Waals surface area contributed by atoms with Crippen molar-refractivity contribution in [2.45, 2.75) is 5.88 Å². The second-order valence-electron chi connectivity index (χ2n) is 3.19. The fraction of sp³-hybridized carbons (Fsp3) is 0.100. The van der Waals surface area contributed by atoms with Crippen LogP contribution in [0.2, 0.25) is 0 Å². The molecule has 16 heavy (non-hydrogen) atoms. The van der Waals surface area contributed by atoms with Crippen molar-refractivity contribution in [3.8, 4) is 11.4 Å². The molecule has 0 aliphatic heterocycles. The number of aromatic amines is 1. The maximum absolute atomic E-state index is 10.5. The van der Waals surface area contributed by atoms with Gasteiger partial charge in [-0.1, -0.05) is 0 Å². The number of aromatic nitrogens is 2. The van der Waals surface area contributed by atoms with Crippen molar-refractivity contribution in [1.29, 1.82) is 0 Å². The lowest BCUT2D eigenvalue weighted by Crippen LogP contribution is -1.87. The van der Waals surface area contributed by atoms with E-state index in [1.165, 1.54) is 12.1 Å². The molecule has 0 saturated carbocycles. The summed E-state index contributed by atoms with van der Waals surface area (Å²) < 4.78 is 0. The van der Waals surface area contributed by atoms with Crippen LogP contribution in [0.15, 0.2) is 30.5 Å². The maximum Gasteiger partial charge on any atom is 0.269 e. The van der Waals surface area contributed by atoms with Crippen LogP contribution in [0.25, 0.3) is 11.4 Å². The largest absolute Gasteiger partial charge is 0.341 e. The second kappa shape index (κ2) is 4.32. The summed E-state index contributed by atoms with van der Waals surface area (Å²) in [6.45, 7) is 0. The Labute approximate surface area is 96.2 Å². The molecule has 2 rings (SSSR count). The van der Waals surface area contributed by atoms with Gasteiger partial charge in [0.25, 0.3) is 5.69 Å². The number of nitrogens with one attached hydrogen (secondary N) is 1. The minimum atomic E-state index is -0.434. The normalized spacial score (nSPS) is 10.3. The van der Waals surface area contributed by atoms with Crippen LogP contribution >= 0.6 is 11.6 Å². The first kappa shape index (κ1) is 10.6. The van der Waals surface area contributed by atoms with Gasteiger partial charge in [-0.15, -0.1) is 11.6 Å². The second-order valence-corrected chi connectivity index (χ2v) is 3.46.